The summed E-state index contributed by atoms with van der Waals surface area (Å²) in [6.45, 7) is 0. The fourth-order valence-corrected chi connectivity index (χ4v) is 2.35. The molecule has 0 saturated heterocycles. The van der Waals surface area contributed by atoms with E-state index in [9.17, 15) is 8.78 Å². The Hall–Kier alpha value is -3.03. The van der Waals surface area contributed by atoms with Gasteiger partial charge in [-0.2, -0.15) is 4.39 Å². The fraction of sp³-hybridized carbons (Fsp3) is 0. The van der Waals surface area contributed by atoms with E-state index in [0.717, 1.165) is 10.7 Å². The zero-order chi connectivity index (χ0) is 14.6. The topological polar surface area (TPSA) is 84.9 Å². The van der Waals surface area contributed by atoms with Crippen LogP contribution in [0.25, 0.3) is 27.8 Å². The van der Waals surface area contributed by atoms with Gasteiger partial charge in [0, 0.05) is 17.1 Å². The van der Waals surface area contributed by atoms with Crippen molar-refractivity contribution >= 4 is 22.5 Å². The number of pyridine rings is 1. The number of nitrogens with zero attached hydrogens (tertiary/aromatic N) is 4. The summed E-state index contributed by atoms with van der Waals surface area (Å²) in [4.78, 5) is 11.0. The lowest BCUT2D eigenvalue weighted by molar-refractivity contribution is 0.549. The number of hydrogen-bond acceptors (Lipinski definition) is 4. The van der Waals surface area contributed by atoms with Crippen molar-refractivity contribution in [2.45, 2.75) is 0 Å². The summed E-state index contributed by atoms with van der Waals surface area (Å²) in [6, 6.07) is 4.14. The average molecular weight is 286 g/mol. The summed E-state index contributed by atoms with van der Waals surface area (Å²) in [5.74, 6) is -1.10. The molecule has 0 spiro atoms. The minimum absolute atomic E-state index is 0.0775. The van der Waals surface area contributed by atoms with Gasteiger partial charge in [0.25, 0.3) is 0 Å². The molecule has 0 saturated carbocycles. The molecule has 0 aromatic carbocycles. The number of aromatic amines is 1. The van der Waals surface area contributed by atoms with Crippen LogP contribution in [0.5, 0.6) is 0 Å². The van der Waals surface area contributed by atoms with Crippen LogP contribution in [0.1, 0.15) is 0 Å². The summed E-state index contributed by atoms with van der Waals surface area (Å²) < 4.78 is 28.1. The number of hydrogen-bond donors (Lipinski definition) is 2. The Balaban J connectivity index is 2.11. The van der Waals surface area contributed by atoms with Gasteiger partial charge in [-0.3, -0.25) is 0 Å². The van der Waals surface area contributed by atoms with Gasteiger partial charge in [0.2, 0.25) is 11.9 Å². The summed E-state index contributed by atoms with van der Waals surface area (Å²) in [7, 11) is 0. The molecule has 0 unspecified atom stereocenters. The highest BCUT2D eigenvalue weighted by Gasteiger charge is 2.16. The monoisotopic (exact) mass is 286 g/mol. The van der Waals surface area contributed by atoms with Crippen LogP contribution in [0, 0.1) is 11.8 Å². The number of H-pyrrole nitrogens is 1. The van der Waals surface area contributed by atoms with Gasteiger partial charge < -0.3 is 10.7 Å². The fourth-order valence-electron chi connectivity index (χ4n) is 2.35. The molecule has 0 aliphatic rings. The second-order valence-electron chi connectivity index (χ2n) is 4.52. The van der Waals surface area contributed by atoms with E-state index in [1.54, 1.807) is 6.20 Å². The van der Waals surface area contributed by atoms with Crippen LogP contribution in [-0.4, -0.2) is 24.6 Å². The van der Waals surface area contributed by atoms with Crippen LogP contribution in [0.4, 0.5) is 14.7 Å². The van der Waals surface area contributed by atoms with Crippen molar-refractivity contribution in [2.24, 2.45) is 0 Å². The average Bonchev–Trinajstić information content (AvgIpc) is 3.02. The van der Waals surface area contributed by atoms with Crippen molar-refractivity contribution in [3.63, 3.8) is 0 Å². The molecule has 0 bridgehead atoms. The highest BCUT2D eigenvalue weighted by atomic mass is 19.1. The van der Waals surface area contributed by atoms with Crippen molar-refractivity contribution in [2.75, 3.05) is 5.73 Å². The maximum Gasteiger partial charge on any atom is 0.239 e. The summed E-state index contributed by atoms with van der Waals surface area (Å²) in [5.41, 5.74) is 7.55. The summed E-state index contributed by atoms with van der Waals surface area (Å²) >= 11 is 0. The Morgan fingerprint density at radius 2 is 2.10 bits per heavy atom. The molecule has 104 valence electrons. The number of nitrogens with two attached hydrogens (primary N) is 1. The Kier molecular flexibility index (Phi) is 2.23. The van der Waals surface area contributed by atoms with Crippen LogP contribution in [-0.2, 0) is 0 Å². The van der Waals surface area contributed by atoms with Gasteiger partial charge in [-0.05, 0) is 18.2 Å². The Labute approximate surface area is 116 Å². The lowest BCUT2D eigenvalue weighted by atomic mass is 10.1. The van der Waals surface area contributed by atoms with Crippen LogP contribution < -0.4 is 5.73 Å². The number of rotatable bonds is 1. The molecule has 3 N–H and O–H groups in total. The third kappa shape index (κ3) is 1.65. The minimum atomic E-state index is -0.551. The molecule has 4 heterocycles. The third-order valence-corrected chi connectivity index (χ3v) is 3.23. The highest BCUT2D eigenvalue weighted by molar-refractivity contribution is 5.96. The molecule has 0 aliphatic heterocycles. The maximum atomic E-state index is 13.7. The molecular weight excluding hydrogens is 278 g/mol. The van der Waals surface area contributed by atoms with E-state index >= 15 is 0 Å². The van der Waals surface area contributed by atoms with Crippen molar-refractivity contribution < 1.29 is 8.78 Å². The van der Waals surface area contributed by atoms with E-state index in [1.807, 2.05) is 0 Å². The number of halogens is 2. The van der Waals surface area contributed by atoms with Crippen LogP contribution in [0.3, 0.4) is 0 Å². The first-order chi connectivity index (χ1) is 10.1. The number of nitrogens with one attached hydrogen (secondary N) is 1. The largest absolute Gasteiger partial charge is 0.367 e. The molecule has 0 fully saturated rings. The van der Waals surface area contributed by atoms with Crippen LogP contribution in [0.15, 0.2) is 30.6 Å². The minimum Gasteiger partial charge on any atom is -0.367 e. The number of anilines is 1. The quantitative estimate of drug-likeness (QED) is 0.561. The third-order valence-electron chi connectivity index (χ3n) is 3.23. The first-order valence-electron chi connectivity index (χ1n) is 6.07. The van der Waals surface area contributed by atoms with Crippen LogP contribution in [0.2, 0.25) is 0 Å². The first kappa shape index (κ1) is 11.8. The first-order valence-corrected chi connectivity index (χ1v) is 6.07. The molecule has 8 heteroatoms. The van der Waals surface area contributed by atoms with E-state index in [2.05, 4.69) is 20.1 Å². The molecule has 21 heavy (non-hydrogen) atoms. The summed E-state index contributed by atoms with van der Waals surface area (Å²) in [6.07, 6.45) is 2.74. The van der Waals surface area contributed by atoms with Gasteiger partial charge in [-0.25, -0.2) is 18.9 Å². The van der Waals surface area contributed by atoms with Crippen LogP contribution >= 0.6 is 0 Å². The van der Waals surface area contributed by atoms with Gasteiger partial charge in [-0.1, -0.05) is 0 Å². The van der Waals surface area contributed by atoms with Gasteiger partial charge >= 0.3 is 0 Å². The van der Waals surface area contributed by atoms with E-state index < -0.39 is 11.8 Å². The molecule has 4 aromatic rings. The Morgan fingerprint density at radius 3 is 2.95 bits per heavy atom. The van der Waals surface area contributed by atoms with Gasteiger partial charge in [0.1, 0.15) is 17.2 Å². The van der Waals surface area contributed by atoms with E-state index in [0.29, 0.717) is 27.8 Å². The number of fused-ring (bicyclic) bond motifs is 2. The lowest BCUT2D eigenvalue weighted by Gasteiger charge is -2.04. The predicted molar refractivity (Wildman–Crippen MR) is 72.4 cm³/mol. The molecule has 6 nitrogen and oxygen atoms in total. The van der Waals surface area contributed by atoms with Crippen molar-refractivity contribution in [3.8, 4) is 11.3 Å². The number of aromatic nitrogens is 5. The van der Waals surface area contributed by atoms with Crippen molar-refractivity contribution in [3.05, 3.63) is 42.4 Å². The zero-order valence-corrected chi connectivity index (χ0v) is 10.5. The standard InChI is InChI=1S/C13H8F2N6/c14-6-3-7-8(5-18-12(7)17-4-6)11-9-1-2-10(15)21(9)20-13(16)19-11/h1-5H,(H2,16,20)(H,17,18). The molecule has 0 atom stereocenters. The Morgan fingerprint density at radius 1 is 1.24 bits per heavy atom. The molecule has 0 amide bonds. The van der Waals surface area contributed by atoms with Crippen molar-refractivity contribution in [1.82, 2.24) is 24.6 Å². The van der Waals surface area contributed by atoms with E-state index in [4.69, 9.17) is 5.73 Å². The van der Waals surface area contributed by atoms with Gasteiger partial charge in [0.15, 0.2) is 0 Å². The zero-order valence-electron chi connectivity index (χ0n) is 10.5. The smallest absolute Gasteiger partial charge is 0.239 e. The molecular formula is C13H8F2N6. The number of nitrogen functional groups attached to an aromatic ring is 1. The van der Waals surface area contributed by atoms with E-state index in [1.165, 1.54) is 18.2 Å². The second-order valence-corrected chi connectivity index (χ2v) is 4.52. The molecule has 0 radical (unpaired) electrons. The molecule has 0 aliphatic carbocycles. The van der Waals surface area contributed by atoms with Crippen molar-refractivity contribution in [1.29, 1.82) is 0 Å². The lowest BCUT2D eigenvalue weighted by Crippen LogP contribution is -2.04. The predicted octanol–water partition coefficient (Wildman–Crippen LogP) is 2.13. The maximum absolute atomic E-state index is 13.7. The normalized spacial score (nSPS) is 11.5. The molecule has 4 rings (SSSR count). The van der Waals surface area contributed by atoms with Gasteiger partial charge in [-0.15, -0.1) is 5.10 Å². The van der Waals surface area contributed by atoms with Gasteiger partial charge in [0.05, 0.1) is 11.7 Å². The SMILES string of the molecule is Nc1nc(-c2c[nH]c3ncc(F)cc23)c2ccc(F)n2n1. The second kappa shape index (κ2) is 3.98. The highest BCUT2D eigenvalue weighted by Crippen LogP contribution is 2.30. The molecule has 4 aromatic heterocycles. The summed E-state index contributed by atoms with van der Waals surface area (Å²) in [5, 5.41) is 4.35. The van der Waals surface area contributed by atoms with E-state index in [-0.39, 0.29) is 5.95 Å². The Bertz CT molecular complexity index is 987.